The Morgan fingerprint density at radius 2 is 2.00 bits per heavy atom. The van der Waals surface area contributed by atoms with Gasteiger partial charge in [0.05, 0.1) is 17.9 Å². The number of primary amides is 1. The zero-order chi connectivity index (χ0) is 13.7. The molecule has 19 heavy (non-hydrogen) atoms. The molecule has 0 spiro atoms. The van der Waals surface area contributed by atoms with E-state index in [0.717, 1.165) is 24.5 Å². The molecule has 0 bridgehead atoms. The first-order valence-corrected chi connectivity index (χ1v) is 5.99. The molecule has 0 saturated heterocycles. The minimum Gasteiger partial charge on any atom is -0.448 e. The normalized spacial score (nSPS) is 12.6. The van der Waals surface area contributed by atoms with Crippen LogP contribution in [0.3, 0.4) is 0 Å². The van der Waals surface area contributed by atoms with E-state index in [1.807, 2.05) is 6.07 Å². The van der Waals surface area contributed by atoms with E-state index in [4.69, 9.17) is 5.73 Å². The van der Waals surface area contributed by atoms with Gasteiger partial charge >= 0.3 is 6.09 Å². The fourth-order valence-corrected chi connectivity index (χ4v) is 1.80. The summed E-state index contributed by atoms with van der Waals surface area (Å²) in [5, 5.41) is 9.08. The Kier molecular flexibility index (Phi) is 4.07. The van der Waals surface area contributed by atoms with Crippen LogP contribution in [0.1, 0.15) is 10.4 Å². The number of amides is 2. The summed E-state index contributed by atoms with van der Waals surface area (Å²) in [7, 11) is 0. The average Bonchev–Trinajstić information content (AvgIpc) is 2.42. The molecule has 1 aromatic rings. The van der Waals surface area contributed by atoms with Crippen molar-refractivity contribution in [3.63, 3.8) is 0 Å². The third-order valence-corrected chi connectivity index (χ3v) is 2.67. The van der Waals surface area contributed by atoms with Crippen LogP contribution >= 0.6 is 0 Å². The van der Waals surface area contributed by atoms with Gasteiger partial charge in [0, 0.05) is 18.7 Å². The minimum atomic E-state index is -0.849. The average molecular weight is 264 g/mol. The van der Waals surface area contributed by atoms with Crippen LogP contribution in [0, 0.1) is 0 Å². The number of carbonyl (C=O) groups is 2. The summed E-state index contributed by atoms with van der Waals surface area (Å²) in [4.78, 5) is 22.2. The molecule has 2 amide bonds. The Morgan fingerprint density at radius 3 is 2.74 bits per heavy atom. The molecule has 7 heteroatoms. The second-order valence-electron chi connectivity index (χ2n) is 4.04. The lowest BCUT2D eigenvalue weighted by Gasteiger charge is -2.20. The molecule has 1 aromatic carbocycles. The first-order valence-electron chi connectivity index (χ1n) is 5.99. The molecule has 1 aliphatic rings. The fourth-order valence-electron chi connectivity index (χ4n) is 1.80. The summed E-state index contributed by atoms with van der Waals surface area (Å²) in [6.07, 6.45) is -0.849. The zero-order valence-electron chi connectivity index (χ0n) is 10.4. The molecular formula is C12H16N4O3. The summed E-state index contributed by atoms with van der Waals surface area (Å²) >= 11 is 0. The van der Waals surface area contributed by atoms with Crippen molar-refractivity contribution >= 4 is 23.4 Å². The van der Waals surface area contributed by atoms with E-state index in [9.17, 15) is 9.59 Å². The van der Waals surface area contributed by atoms with Crippen LogP contribution < -0.4 is 21.7 Å². The first kappa shape index (κ1) is 13.0. The van der Waals surface area contributed by atoms with Crippen molar-refractivity contribution in [3.05, 3.63) is 23.8 Å². The van der Waals surface area contributed by atoms with Gasteiger partial charge in [-0.2, -0.15) is 0 Å². The van der Waals surface area contributed by atoms with Gasteiger partial charge in [-0.3, -0.25) is 4.79 Å². The monoisotopic (exact) mass is 264 g/mol. The standard InChI is InChI=1S/C12H16N4O3/c13-12(18)19-6-5-16-11(17)8-1-2-9-10(7-8)15-4-3-14-9/h1-2,7,14-15H,3-6H2,(H2,13,18)(H,16,17). The van der Waals surface area contributed by atoms with Crippen LogP contribution in [0.25, 0.3) is 0 Å². The minimum absolute atomic E-state index is 0.0613. The van der Waals surface area contributed by atoms with Gasteiger partial charge in [-0.25, -0.2) is 4.79 Å². The molecule has 0 aromatic heterocycles. The van der Waals surface area contributed by atoms with Crippen LogP contribution in [0.4, 0.5) is 16.2 Å². The van der Waals surface area contributed by atoms with Crippen molar-refractivity contribution in [3.8, 4) is 0 Å². The van der Waals surface area contributed by atoms with Crippen molar-refractivity contribution in [2.75, 3.05) is 36.9 Å². The molecule has 0 saturated carbocycles. The van der Waals surface area contributed by atoms with Crippen molar-refractivity contribution in [1.82, 2.24) is 5.32 Å². The second-order valence-corrected chi connectivity index (χ2v) is 4.04. The number of nitrogens with one attached hydrogen (secondary N) is 3. The van der Waals surface area contributed by atoms with Gasteiger partial charge in [-0.05, 0) is 18.2 Å². The number of hydrogen-bond donors (Lipinski definition) is 4. The van der Waals surface area contributed by atoms with Gasteiger partial charge in [0.25, 0.3) is 5.91 Å². The van der Waals surface area contributed by atoms with Gasteiger partial charge in [-0.1, -0.05) is 0 Å². The molecule has 102 valence electrons. The molecule has 0 atom stereocenters. The predicted octanol–water partition coefficient (Wildman–Crippen LogP) is 0.349. The number of benzene rings is 1. The molecule has 0 aliphatic carbocycles. The number of anilines is 2. The SMILES string of the molecule is NC(=O)OCCNC(=O)c1ccc2c(c1)NCCN2. The van der Waals surface area contributed by atoms with E-state index in [1.54, 1.807) is 12.1 Å². The Hall–Kier alpha value is -2.44. The molecule has 2 rings (SSSR count). The van der Waals surface area contributed by atoms with Crippen molar-refractivity contribution < 1.29 is 14.3 Å². The highest BCUT2D eigenvalue weighted by atomic mass is 16.5. The number of rotatable bonds is 4. The Labute approximate surface area is 110 Å². The highest BCUT2D eigenvalue weighted by Crippen LogP contribution is 2.25. The molecule has 1 aliphatic heterocycles. The molecule has 1 heterocycles. The Morgan fingerprint density at radius 1 is 1.26 bits per heavy atom. The maximum atomic E-state index is 11.8. The molecule has 0 radical (unpaired) electrons. The molecule has 0 fully saturated rings. The maximum Gasteiger partial charge on any atom is 0.404 e. The maximum absolute atomic E-state index is 11.8. The largest absolute Gasteiger partial charge is 0.448 e. The lowest BCUT2D eigenvalue weighted by atomic mass is 10.1. The third kappa shape index (κ3) is 3.51. The van der Waals surface area contributed by atoms with Crippen LogP contribution in [0.5, 0.6) is 0 Å². The van der Waals surface area contributed by atoms with E-state index in [2.05, 4.69) is 20.7 Å². The Balaban J connectivity index is 1.90. The smallest absolute Gasteiger partial charge is 0.404 e. The van der Waals surface area contributed by atoms with E-state index < -0.39 is 6.09 Å². The third-order valence-electron chi connectivity index (χ3n) is 2.67. The molecular weight excluding hydrogens is 248 g/mol. The summed E-state index contributed by atoms with van der Waals surface area (Å²) in [6, 6.07) is 5.38. The second kappa shape index (κ2) is 5.94. The van der Waals surface area contributed by atoms with Crippen LogP contribution in [-0.2, 0) is 4.74 Å². The highest BCUT2D eigenvalue weighted by Gasteiger charge is 2.11. The molecule has 7 nitrogen and oxygen atoms in total. The summed E-state index contributed by atoms with van der Waals surface area (Å²) in [5.41, 5.74) is 7.25. The Bertz CT molecular complexity index is 490. The summed E-state index contributed by atoms with van der Waals surface area (Å²) in [6.45, 7) is 1.98. The van der Waals surface area contributed by atoms with Gasteiger partial charge in [0.1, 0.15) is 6.61 Å². The van der Waals surface area contributed by atoms with Crippen LogP contribution in [-0.4, -0.2) is 38.2 Å². The first-order chi connectivity index (χ1) is 9.16. The van der Waals surface area contributed by atoms with E-state index >= 15 is 0 Å². The predicted molar refractivity (Wildman–Crippen MR) is 71.3 cm³/mol. The highest BCUT2D eigenvalue weighted by molar-refractivity contribution is 5.96. The van der Waals surface area contributed by atoms with Crippen LogP contribution in [0.15, 0.2) is 18.2 Å². The van der Waals surface area contributed by atoms with Gasteiger partial charge < -0.3 is 26.4 Å². The summed E-state index contributed by atoms with van der Waals surface area (Å²) in [5.74, 6) is -0.219. The topological polar surface area (TPSA) is 105 Å². The number of hydrogen-bond acceptors (Lipinski definition) is 5. The number of fused-ring (bicyclic) bond motifs is 1. The number of ether oxygens (including phenoxy) is 1. The zero-order valence-corrected chi connectivity index (χ0v) is 10.4. The fraction of sp³-hybridized carbons (Fsp3) is 0.333. The number of carbonyl (C=O) groups excluding carboxylic acids is 2. The van der Waals surface area contributed by atoms with Crippen LogP contribution in [0.2, 0.25) is 0 Å². The van der Waals surface area contributed by atoms with Crippen molar-refractivity contribution in [2.45, 2.75) is 0 Å². The molecule has 5 N–H and O–H groups in total. The lowest BCUT2D eigenvalue weighted by Crippen LogP contribution is -2.29. The van der Waals surface area contributed by atoms with Gasteiger partial charge in [-0.15, -0.1) is 0 Å². The van der Waals surface area contributed by atoms with Gasteiger partial charge in [0.2, 0.25) is 0 Å². The van der Waals surface area contributed by atoms with E-state index in [-0.39, 0.29) is 19.1 Å². The summed E-state index contributed by atoms with van der Waals surface area (Å²) < 4.78 is 4.52. The number of nitrogens with two attached hydrogens (primary N) is 1. The van der Waals surface area contributed by atoms with Gasteiger partial charge in [0.15, 0.2) is 0 Å². The van der Waals surface area contributed by atoms with E-state index in [1.165, 1.54) is 0 Å². The lowest BCUT2D eigenvalue weighted by molar-refractivity contribution is 0.0937. The van der Waals surface area contributed by atoms with Crippen molar-refractivity contribution in [2.24, 2.45) is 5.73 Å². The molecule has 0 unspecified atom stereocenters. The van der Waals surface area contributed by atoms with E-state index in [0.29, 0.717) is 5.56 Å². The quantitative estimate of drug-likeness (QED) is 0.587. The van der Waals surface area contributed by atoms with Crippen molar-refractivity contribution in [1.29, 1.82) is 0 Å².